The molecule has 10 heavy (non-hydrogen) atoms. The number of nitrogen functional groups attached to an aromatic ring is 1. The first-order valence-electron chi connectivity index (χ1n) is 2.49. The van der Waals surface area contributed by atoms with Crippen LogP contribution < -0.4 is 17.0 Å². The Morgan fingerprint density at radius 3 is 3.00 bits per heavy atom. The summed E-state index contributed by atoms with van der Waals surface area (Å²) in [6.45, 7) is 0. The monoisotopic (exact) mass is 142 g/mol. The van der Waals surface area contributed by atoms with Gasteiger partial charge in [0.25, 0.3) is 0 Å². The van der Waals surface area contributed by atoms with Crippen LogP contribution in [-0.4, -0.2) is 14.9 Å². The Kier molecular flexibility index (Phi) is 1.55. The average molecular weight is 142 g/mol. The molecule has 0 atom stereocenters. The van der Waals surface area contributed by atoms with Crippen LogP contribution in [0.15, 0.2) is 17.1 Å². The van der Waals surface area contributed by atoms with Gasteiger partial charge in [-0.25, -0.2) is 10.4 Å². The Morgan fingerprint density at radius 1 is 1.80 bits per heavy atom. The molecule has 0 amide bonds. The minimum absolute atomic E-state index is 0.122. The zero-order chi connectivity index (χ0) is 7.56. The van der Waals surface area contributed by atoms with E-state index in [2.05, 4.69) is 4.98 Å². The van der Waals surface area contributed by atoms with Gasteiger partial charge in [0.2, 0.25) is 0 Å². The second-order valence-corrected chi connectivity index (χ2v) is 1.60. The largest absolute Gasteiger partial charge is 0.383 e. The summed E-state index contributed by atoms with van der Waals surface area (Å²) in [6.07, 6.45) is 1.27. The highest BCUT2D eigenvalue weighted by molar-refractivity contribution is 5.23. The molecule has 4 N–H and O–H groups in total. The van der Waals surface area contributed by atoms with Gasteiger partial charge in [0.1, 0.15) is 5.82 Å². The molecule has 0 aliphatic rings. The Hall–Kier alpha value is -1.56. The zero-order valence-electron chi connectivity index (χ0n) is 4.98. The van der Waals surface area contributed by atoms with Gasteiger partial charge in [-0.15, -0.1) is 0 Å². The van der Waals surface area contributed by atoms with E-state index in [9.17, 15) is 4.79 Å². The molecule has 0 radical (unpaired) electrons. The number of hydrogen-bond donors (Lipinski definition) is 3. The Morgan fingerprint density at radius 2 is 2.50 bits per heavy atom. The molecular weight excluding hydrogens is 136 g/mol. The lowest BCUT2D eigenvalue weighted by Gasteiger charge is -1.99. The summed E-state index contributed by atoms with van der Waals surface area (Å²) in [7, 11) is 0. The van der Waals surface area contributed by atoms with E-state index in [4.69, 9.17) is 10.9 Å². The van der Waals surface area contributed by atoms with Gasteiger partial charge in [-0.05, 0) is 6.07 Å². The molecule has 1 aromatic rings. The van der Waals surface area contributed by atoms with Crippen molar-refractivity contribution >= 4 is 5.82 Å². The minimum Gasteiger partial charge on any atom is -0.383 e. The van der Waals surface area contributed by atoms with Crippen molar-refractivity contribution in [2.45, 2.75) is 0 Å². The molecule has 0 saturated carbocycles. The number of aromatic nitrogens is 2. The summed E-state index contributed by atoms with van der Waals surface area (Å²) in [5.41, 5.74) is 6.11. The van der Waals surface area contributed by atoms with Gasteiger partial charge in [0, 0.05) is 6.20 Å². The Labute approximate surface area is 55.9 Å². The molecule has 0 spiro atoms. The molecule has 6 nitrogen and oxygen atoms in total. The van der Waals surface area contributed by atoms with Crippen LogP contribution in [0.5, 0.6) is 0 Å². The fraction of sp³-hybridized carbons (Fsp3) is 0. The predicted molar refractivity (Wildman–Crippen MR) is 34.1 cm³/mol. The topological polar surface area (TPSA) is 93.2 Å². The second-order valence-electron chi connectivity index (χ2n) is 1.60. The normalized spacial score (nSPS) is 9.30. The van der Waals surface area contributed by atoms with Crippen molar-refractivity contribution in [3.05, 3.63) is 22.7 Å². The van der Waals surface area contributed by atoms with Gasteiger partial charge in [-0.1, -0.05) is 0 Å². The molecule has 0 aromatic carbocycles. The predicted octanol–water partition coefficient (Wildman–Crippen LogP) is -1.24. The maximum atomic E-state index is 10.6. The molecule has 0 fully saturated rings. The van der Waals surface area contributed by atoms with Crippen LogP contribution in [0.25, 0.3) is 0 Å². The Balaban J connectivity index is 3.20. The number of nitrogens with one attached hydrogen (secondary N) is 1. The van der Waals surface area contributed by atoms with Crippen LogP contribution in [0, 0.1) is 0 Å². The third-order valence-corrected chi connectivity index (χ3v) is 0.933. The van der Waals surface area contributed by atoms with Crippen LogP contribution in [0.1, 0.15) is 0 Å². The molecule has 0 bridgehead atoms. The SMILES string of the molecule is Nc1ccn(NO)c(=O)n1. The van der Waals surface area contributed by atoms with E-state index >= 15 is 0 Å². The molecule has 1 aromatic heterocycles. The van der Waals surface area contributed by atoms with Crippen molar-refractivity contribution in [3.8, 4) is 0 Å². The van der Waals surface area contributed by atoms with Gasteiger partial charge >= 0.3 is 5.69 Å². The molecule has 1 rings (SSSR count). The molecule has 1 heterocycles. The van der Waals surface area contributed by atoms with E-state index in [-0.39, 0.29) is 5.82 Å². The summed E-state index contributed by atoms with van der Waals surface area (Å²) < 4.78 is 0.788. The summed E-state index contributed by atoms with van der Waals surface area (Å²) in [5.74, 6) is 0.122. The van der Waals surface area contributed by atoms with Crippen LogP contribution >= 0.6 is 0 Å². The number of hydrogen-bond acceptors (Lipinski definition) is 5. The lowest BCUT2D eigenvalue weighted by atomic mass is 10.6. The first-order chi connectivity index (χ1) is 4.74. The quantitative estimate of drug-likeness (QED) is 0.426. The van der Waals surface area contributed by atoms with Gasteiger partial charge in [0.05, 0.1) is 0 Å². The third-order valence-electron chi connectivity index (χ3n) is 0.933. The molecule has 6 heteroatoms. The fourth-order valence-corrected chi connectivity index (χ4v) is 0.492. The smallest absolute Gasteiger partial charge is 0.369 e. The van der Waals surface area contributed by atoms with Crippen LogP contribution in [-0.2, 0) is 0 Å². The number of nitrogens with zero attached hydrogens (tertiary/aromatic N) is 2. The standard InChI is InChI=1S/C4H6N4O2/c5-3-1-2-8(7-10)4(9)6-3/h1-2,7,10H,(H2,5,6,9). The minimum atomic E-state index is -0.650. The second kappa shape index (κ2) is 2.36. The van der Waals surface area contributed by atoms with E-state index in [1.165, 1.54) is 12.3 Å². The number of rotatable bonds is 1. The highest BCUT2D eigenvalue weighted by Gasteiger charge is 1.92. The van der Waals surface area contributed by atoms with Crippen molar-refractivity contribution in [1.29, 1.82) is 0 Å². The van der Waals surface area contributed by atoms with Crippen LogP contribution in [0.2, 0.25) is 0 Å². The highest BCUT2D eigenvalue weighted by atomic mass is 16.5. The van der Waals surface area contributed by atoms with Crippen molar-refractivity contribution < 1.29 is 5.21 Å². The summed E-state index contributed by atoms with van der Waals surface area (Å²) in [4.78, 5) is 13.9. The molecular formula is C4H6N4O2. The van der Waals surface area contributed by atoms with Crippen molar-refractivity contribution in [2.24, 2.45) is 0 Å². The van der Waals surface area contributed by atoms with Gasteiger partial charge in [0.15, 0.2) is 0 Å². The van der Waals surface area contributed by atoms with Gasteiger partial charge in [-0.3, -0.25) is 5.21 Å². The van der Waals surface area contributed by atoms with E-state index in [0.717, 1.165) is 4.68 Å². The maximum Gasteiger partial charge on any atom is 0.369 e. The molecule has 0 saturated heterocycles. The lowest BCUT2D eigenvalue weighted by Crippen LogP contribution is -2.28. The van der Waals surface area contributed by atoms with E-state index < -0.39 is 5.69 Å². The third kappa shape index (κ3) is 1.06. The fourth-order valence-electron chi connectivity index (χ4n) is 0.492. The first kappa shape index (κ1) is 6.56. The summed E-state index contributed by atoms with van der Waals surface area (Å²) in [6, 6.07) is 1.38. The average Bonchev–Trinajstić information content (AvgIpc) is 1.88. The van der Waals surface area contributed by atoms with E-state index in [1.807, 2.05) is 0 Å². The number of anilines is 1. The van der Waals surface area contributed by atoms with E-state index in [0.29, 0.717) is 0 Å². The lowest BCUT2D eigenvalue weighted by molar-refractivity contribution is 0.311. The van der Waals surface area contributed by atoms with Gasteiger partial charge < -0.3 is 5.73 Å². The molecule has 0 aliphatic heterocycles. The first-order valence-corrected chi connectivity index (χ1v) is 2.49. The van der Waals surface area contributed by atoms with Gasteiger partial charge in [-0.2, -0.15) is 9.66 Å². The molecule has 0 unspecified atom stereocenters. The molecule has 0 aliphatic carbocycles. The van der Waals surface area contributed by atoms with Crippen molar-refractivity contribution in [3.63, 3.8) is 0 Å². The van der Waals surface area contributed by atoms with Crippen LogP contribution in [0.3, 0.4) is 0 Å². The maximum absolute atomic E-state index is 10.6. The van der Waals surface area contributed by atoms with E-state index in [1.54, 1.807) is 5.59 Å². The summed E-state index contributed by atoms with van der Waals surface area (Å²) >= 11 is 0. The van der Waals surface area contributed by atoms with Crippen molar-refractivity contribution in [2.75, 3.05) is 11.3 Å². The zero-order valence-corrected chi connectivity index (χ0v) is 4.98. The van der Waals surface area contributed by atoms with Crippen molar-refractivity contribution in [1.82, 2.24) is 9.66 Å². The highest BCUT2D eigenvalue weighted by Crippen LogP contribution is 1.85. The van der Waals surface area contributed by atoms with Crippen LogP contribution in [0.4, 0.5) is 5.82 Å². The Bertz CT molecular complexity index is 281. The summed E-state index contributed by atoms with van der Waals surface area (Å²) in [5, 5.41) is 8.24. The molecule has 54 valence electrons. The number of nitrogens with two attached hydrogens (primary N) is 1.